The smallest absolute Gasteiger partial charge is 0.289 e. The number of carbonyl (C=O) groups excluding carboxylic acids is 1. The molecule has 2 aromatic rings. The molecule has 2 aromatic heterocycles. The summed E-state index contributed by atoms with van der Waals surface area (Å²) in [7, 11) is -1.95. The second-order valence-corrected chi connectivity index (χ2v) is 7.26. The van der Waals surface area contributed by atoms with E-state index in [0.717, 1.165) is 0 Å². The highest BCUT2D eigenvalue weighted by atomic mass is 32.2. The number of sulfonamides is 1. The van der Waals surface area contributed by atoms with E-state index in [0.29, 0.717) is 4.88 Å². The first-order valence-corrected chi connectivity index (χ1v) is 8.02. The predicted molar refractivity (Wildman–Crippen MR) is 70.7 cm³/mol. The molecule has 10 heteroatoms. The van der Waals surface area contributed by atoms with Crippen LogP contribution in [0.2, 0.25) is 0 Å². The van der Waals surface area contributed by atoms with Crippen LogP contribution in [-0.4, -0.2) is 47.4 Å². The molecule has 20 heavy (non-hydrogen) atoms. The average molecular weight is 313 g/mol. The first kappa shape index (κ1) is 13.2. The summed E-state index contributed by atoms with van der Waals surface area (Å²) in [5.41, 5.74) is 0. The van der Waals surface area contributed by atoms with Crippen LogP contribution < -0.4 is 5.32 Å². The van der Waals surface area contributed by atoms with Crippen LogP contribution in [0.4, 0.5) is 0 Å². The van der Waals surface area contributed by atoms with Crippen LogP contribution in [0.5, 0.6) is 0 Å². The highest BCUT2D eigenvalue weighted by Gasteiger charge is 2.36. The Hall–Kier alpha value is -1.78. The van der Waals surface area contributed by atoms with Crippen LogP contribution in [0, 0.1) is 0 Å². The summed E-state index contributed by atoms with van der Waals surface area (Å²) in [4.78, 5) is 16.6. The number of rotatable bonds is 2. The monoisotopic (exact) mass is 313 g/mol. The summed E-state index contributed by atoms with van der Waals surface area (Å²) in [5, 5.41) is 10.5. The standard InChI is InChI=1S/C10H11N5O3S2/c1-15-4-6(13-10(16)9-11-5-12-14-9)8-7(2-3-19-8)20(15,17)18/h2-3,5-6H,4H2,1H3,(H,13,16)(H,11,12,14)/t6-/m0/s1. The molecule has 3 heterocycles. The number of amides is 1. The van der Waals surface area contributed by atoms with E-state index >= 15 is 0 Å². The van der Waals surface area contributed by atoms with Gasteiger partial charge in [-0.1, -0.05) is 0 Å². The first-order chi connectivity index (χ1) is 9.50. The van der Waals surface area contributed by atoms with Crippen molar-refractivity contribution in [2.75, 3.05) is 13.6 Å². The summed E-state index contributed by atoms with van der Waals surface area (Å²) >= 11 is 1.31. The zero-order valence-corrected chi connectivity index (χ0v) is 12.0. The van der Waals surface area contributed by atoms with Gasteiger partial charge in [0.05, 0.1) is 10.9 Å². The molecule has 2 N–H and O–H groups in total. The number of likely N-dealkylation sites (N-methyl/N-ethyl adjacent to an activating group) is 1. The minimum Gasteiger partial charge on any atom is -0.340 e. The molecule has 1 aliphatic rings. The van der Waals surface area contributed by atoms with Gasteiger partial charge in [0, 0.05) is 18.5 Å². The third-order valence-electron chi connectivity index (χ3n) is 3.04. The molecule has 8 nitrogen and oxygen atoms in total. The number of H-pyrrole nitrogens is 1. The highest BCUT2D eigenvalue weighted by molar-refractivity contribution is 7.89. The Bertz CT molecular complexity index is 737. The minimum absolute atomic E-state index is 0.0965. The second-order valence-electron chi connectivity index (χ2n) is 4.29. The molecule has 1 atom stereocenters. The van der Waals surface area contributed by atoms with E-state index in [9.17, 15) is 13.2 Å². The van der Waals surface area contributed by atoms with Crippen LogP contribution in [0.25, 0.3) is 0 Å². The van der Waals surface area contributed by atoms with Gasteiger partial charge in [0.1, 0.15) is 6.33 Å². The number of hydrogen-bond acceptors (Lipinski definition) is 6. The predicted octanol–water partition coefficient (Wildman–Crippen LogP) is -0.0286. The van der Waals surface area contributed by atoms with Gasteiger partial charge >= 0.3 is 0 Å². The third-order valence-corrected chi connectivity index (χ3v) is 6.08. The molecule has 1 aliphatic heterocycles. The lowest BCUT2D eigenvalue weighted by Gasteiger charge is -2.29. The Morgan fingerprint density at radius 1 is 1.60 bits per heavy atom. The van der Waals surface area contributed by atoms with E-state index in [1.807, 2.05) is 0 Å². The molecule has 0 saturated carbocycles. The average Bonchev–Trinajstić information content (AvgIpc) is 3.07. The van der Waals surface area contributed by atoms with Crippen molar-refractivity contribution in [1.29, 1.82) is 0 Å². The maximum absolute atomic E-state index is 12.1. The van der Waals surface area contributed by atoms with Crippen molar-refractivity contribution in [3.8, 4) is 0 Å². The highest BCUT2D eigenvalue weighted by Crippen LogP contribution is 2.35. The van der Waals surface area contributed by atoms with E-state index < -0.39 is 22.0 Å². The molecule has 1 amide bonds. The minimum atomic E-state index is -3.44. The number of carbonyl (C=O) groups is 1. The van der Waals surface area contributed by atoms with Gasteiger partial charge in [-0.3, -0.25) is 9.89 Å². The topological polar surface area (TPSA) is 108 Å². The van der Waals surface area contributed by atoms with Crippen molar-refractivity contribution < 1.29 is 13.2 Å². The second kappa shape index (κ2) is 4.65. The third kappa shape index (κ3) is 2.01. The fraction of sp³-hybridized carbons (Fsp3) is 0.300. The Labute approximate surface area is 118 Å². The zero-order chi connectivity index (χ0) is 14.3. The van der Waals surface area contributed by atoms with Crippen molar-refractivity contribution in [3.63, 3.8) is 0 Å². The Morgan fingerprint density at radius 2 is 2.40 bits per heavy atom. The van der Waals surface area contributed by atoms with Gasteiger partial charge in [0.15, 0.2) is 0 Å². The van der Waals surface area contributed by atoms with Crippen molar-refractivity contribution >= 4 is 27.3 Å². The van der Waals surface area contributed by atoms with E-state index in [2.05, 4.69) is 20.5 Å². The Balaban J connectivity index is 1.91. The number of nitrogens with one attached hydrogen (secondary N) is 2. The van der Waals surface area contributed by atoms with Crippen molar-refractivity contribution in [2.24, 2.45) is 0 Å². The van der Waals surface area contributed by atoms with Crippen molar-refractivity contribution in [3.05, 3.63) is 28.5 Å². The molecule has 0 radical (unpaired) electrons. The van der Waals surface area contributed by atoms with Gasteiger partial charge in [0.2, 0.25) is 15.8 Å². The summed E-state index contributed by atoms with van der Waals surface area (Å²) in [5.74, 6) is -0.321. The molecule has 3 rings (SSSR count). The van der Waals surface area contributed by atoms with Gasteiger partial charge in [-0.05, 0) is 11.4 Å². The van der Waals surface area contributed by atoms with Crippen LogP contribution in [0.3, 0.4) is 0 Å². The fourth-order valence-electron chi connectivity index (χ4n) is 2.04. The van der Waals surface area contributed by atoms with Gasteiger partial charge in [-0.25, -0.2) is 13.4 Å². The maximum Gasteiger partial charge on any atom is 0.289 e. The number of nitrogens with zero attached hydrogens (tertiary/aromatic N) is 3. The number of hydrogen-bond donors (Lipinski definition) is 2. The largest absolute Gasteiger partial charge is 0.340 e. The SMILES string of the molecule is CN1C[C@H](NC(=O)c2ncn[nH]2)c2sccc2S1(=O)=O. The van der Waals surface area contributed by atoms with E-state index in [1.165, 1.54) is 29.0 Å². The van der Waals surface area contributed by atoms with Crippen LogP contribution in [0.15, 0.2) is 22.7 Å². The van der Waals surface area contributed by atoms with Crippen LogP contribution in [-0.2, 0) is 10.0 Å². The van der Waals surface area contributed by atoms with Crippen LogP contribution >= 0.6 is 11.3 Å². The maximum atomic E-state index is 12.1. The number of aromatic amines is 1. The lowest BCUT2D eigenvalue weighted by Crippen LogP contribution is -2.43. The summed E-state index contributed by atoms with van der Waals surface area (Å²) < 4.78 is 25.5. The number of thiophene rings is 1. The van der Waals surface area contributed by atoms with Gasteiger partial charge in [-0.2, -0.15) is 9.40 Å². The fourth-order valence-corrected chi connectivity index (χ4v) is 4.73. The number of fused-ring (bicyclic) bond motifs is 1. The van der Waals surface area contributed by atoms with Gasteiger partial charge in [0.25, 0.3) is 5.91 Å². The van der Waals surface area contributed by atoms with Gasteiger partial charge < -0.3 is 5.32 Å². The molecule has 0 bridgehead atoms. The Kier molecular flexibility index (Phi) is 3.07. The molecule has 106 valence electrons. The lowest BCUT2D eigenvalue weighted by atomic mass is 10.2. The molecule has 0 aromatic carbocycles. The van der Waals surface area contributed by atoms with E-state index in [4.69, 9.17) is 0 Å². The molecule has 0 aliphatic carbocycles. The molecule has 0 saturated heterocycles. The normalized spacial score (nSPS) is 21.4. The quantitative estimate of drug-likeness (QED) is 0.809. The molecule has 0 spiro atoms. The first-order valence-electron chi connectivity index (χ1n) is 5.70. The van der Waals surface area contributed by atoms with Gasteiger partial charge in [-0.15, -0.1) is 11.3 Å². The summed E-state index contributed by atoms with van der Waals surface area (Å²) in [6.07, 6.45) is 1.24. The summed E-state index contributed by atoms with van der Waals surface area (Å²) in [6.45, 7) is 0.190. The number of aromatic nitrogens is 3. The Morgan fingerprint density at radius 3 is 3.10 bits per heavy atom. The summed E-state index contributed by atoms with van der Waals surface area (Å²) in [6, 6.07) is 1.16. The van der Waals surface area contributed by atoms with Crippen LogP contribution in [0.1, 0.15) is 21.5 Å². The molecule has 0 unspecified atom stereocenters. The lowest BCUT2D eigenvalue weighted by molar-refractivity contribution is 0.0921. The van der Waals surface area contributed by atoms with Crippen molar-refractivity contribution in [1.82, 2.24) is 24.8 Å². The zero-order valence-electron chi connectivity index (χ0n) is 10.4. The van der Waals surface area contributed by atoms with E-state index in [1.54, 1.807) is 11.4 Å². The van der Waals surface area contributed by atoms with E-state index in [-0.39, 0.29) is 17.3 Å². The molecular weight excluding hydrogens is 302 g/mol. The molecular formula is C10H11N5O3S2. The van der Waals surface area contributed by atoms with Crippen molar-refractivity contribution in [2.45, 2.75) is 10.9 Å². The molecule has 0 fully saturated rings.